The second-order valence-corrected chi connectivity index (χ2v) is 5.78. The molecular formula is C19H18F3NO5. The van der Waals surface area contributed by atoms with Crippen molar-refractivity contribution in [2.75, 3.05) is 20.3 Å². The van der Waals surface area contributed by atoms with Crippen LogP contribution < -0.4 is 4.74 Å². The third-order valence-electron chi connectivity index (χ3n) is 3.70. The largest absolute Gasteiger partial charge is 0.504 e. The van der Waals surface area contributed by atoms with Gasteiger partial charge in [-0.15, -0.1) is 0 Å². The van der Waals surface area contributed by atoms with Crippen molar-refractivity contribution in [2.45, 2.75) is 12.7 Å². The number of aromatic hydroxyl groups is 1. The molecule has 0 aliphatic carbocycles. The number of carbonyl (C=O) groups excluding carboxylic acids is 2. The predicted molar refractivity (Wildman–Crippen MR) is 92.9 cm³/mol. The highest BCUT2D eigenvalue weighted by Crippen LogP contribution is 2.29. The molecule has 0 saturated heterocycles. The van der Waals surface area contributed by atoms with E-state index in [1.54, 1.807) is 30.3 Å². The van der Waals surface area contributed by atoms with Crippen molar-refractivity contribution in [3.63, 3.8) is 0 Å². The number of hydrogen-bond donors (Lipinski definition) is 1. The number of alkyl halides is 3. The van der Waals surface area contributed by atoms with Crippen LogP contribution in [0, 0.1) is 0 Å². The fourth-order valence-corrected chi connectivity index (χ4v) is 2.40. The molecule has 0 spiro atoms. The number of hydrogen-bond acceptors (Lipinski definition) is 5. The highest BCUT2D eigenvalue weighted by molar-refractivity contribution is 5.94. The normalized spacial score (nSPS) is 11.0. The van der Waals surface area contributed by atoms with Gasteiger partial charge in [-0.1, -0.05) is 36.4 Å². The summed E-state index contributed by atoms with van der Waals surface area (Å²) in [5, 5.41) is 9.91. The topological polar surface area (TPSA) is 76.1 Å². The summed E-state index contributed by atoms with van der Waals surface area (Å²) < 4.78 is 48.1. The highest BCUT2D eigenvalue weighted by atomic mass is 19.4. The minimum atomic E-state index is -4.61. The molecule has 1 N–H and O–H groups in total. The Bertz CT molecular complexity index is 824. The number of para-hydroxylation sites is 1. The van der Waals surface area contributed by atoms with Crippen molar-refractivity contribution >= 4 is 11.9 Å². The Hall–Kier alpha value is -3.23. The van der Waals surface area contributed by atoms with Gasteiger partial charge in [0.05, 0.1) is 7.11 Å². The maximum absolute atomic E-state index is 12.8. The molecule has 2 aromatic carbocycles. The van der Waals surface area contributed by atoms with Gasteiger partial charge in [-0.2, -0.15) is 13.2 Å². The van der Waals surface area contributed by atoms with Crippen molar-refractivity contribution < 1.29 is 37.3 Å². The molecule has 0 aliphatic rings. The number of phenolic OH excluding ortho intramolecular Hbond substituents is 1. The first-order valence-corrected chi connectivity index (χ1v) is 8.13. The van der Waals surface area contributed by atoms with Crippen molar-refractivity contribution in [1.29, 1.82) is 0 Å². The Morgan fingerprint density at radius 1 is 1.07 bits per heavy atom. The quantitative estimate of drug-likeness (QED) is 0.727. The zero-order valence-corrected chi connectivity index (χ0v) is 14.9. The summed E-state index contributed by atoms with van der Waals surface area (Å²) in [5.41, 5.74) is 0.231. The average molecular weight is 397 g/mol. The lowest BCUT2D eigenvalue weighted by Gasteiger charge is -2.24. The van der Waals surface area contributed by atoms with Crippen LogP contribution in [0.15, 0.2) is 48.5 Å². The zero-order chi connectivity index (χ0) is 20.7. The molecule has 0 fully saturated rings. The van der Waals surface area contributed by atoms with Crippen molar-refractivity contribution in [3.8, 4) is 11.5 Å². The lowest BCUT2D eigenvalue weighted by molar-refractivity contribution is -0.164. The molecule has 28 heavy (non-hydrogen) atoms. The Balaban J connectivity index is 2.07. The van der Waals surface area contributed by atoms with Gasteiger partial charge in [0.2, 0.25) is 0 Å². The molecule has 0 aliphatic heterocycles. The monoisotopic (exact) mass is 397 g/mol. The van der Waals surface area contributed by atoms with Crippen LogP contribution in [0.25, 0.3) is 0 Å². The summed E-state index contributed by atoms with van der Waals surface area (Å²) in [6.07, 6.45) is -4.61. The maximum atomic E-state index is 12.8. The van der Waals surface area contributed by atoms with Gasteiger partial charge in [0.25, 0.3) is 5.91 Å². The lowest BCUT2D eigenvalue weighted by atomic mass is 10.2. The van der Waals surface area contributed by atoms with Gasteiger partial charge in [-0.25, -0.2) is 4.79 Å². The highest BCUT2D eigenvalue weighted by Gasteiger charge is 2.33. The van der Waals surface area contributed by atoms with E-state index in [0.717, 1.165) is 0 Å². The van der Waals surface area contributed by atoms with Crippen LogP contribution in [0.1, 0.15) is 15.9 Å². The van der Waals surface area contributed by atoms with Gasteiger partial charge < -0.3 is 19.5 Å². The molecule has 1 amide bonds. The van der Waals surface area contributed by atoms with E-state index < -0.39 is 37.0 Å². The minimum absolute atomic E-state index is 0.0172. The summed E-state index contributed by atoms with van der Waals surface area (Å²) in [6.45, 7) is -2.68. The number of methoxy groups -OCH3 is 1. The fraction of sp³-hybridized carbons (Fsp3) is 0.263. The van der Waals surface area contributed by atoms with Gasteiger partial charge in [0.15, 0.2) is 18.1 Å². The van der Waals surface area contributed by atoms with E-state index in [4.69, 9.17) is 9.47 Å². The van der Waals surface area contributed by atoms with Gasteiger partial charge in [0, 0.05) is 6.54 Å². The van der Waals surface area contributed by atoms with Crippen LogP contribution in [0.3, 0.4) is 0 Å². The number of rotatable bonds is 7. The van der Waals surface area contributed by atoms with E-state index in [2.05, 4.69) is 0 Å². The van der Waals surface area contributed by atoms with E-state index >= 15 is 0 Å². The molecule has 6 nitrogen and oxygen atoms in total. The molecule has 0 unspecified atom stereocenters. The number of carbonyl (C=O) groups is 2. The standard InChI is InChI=1S/C19H18F3NO5/c1-27-15-9-5-8-14(17(15)25)18(26)28-11-16(24)23(12-19(20,21)22)10-13-6-3-2-4-7-13/h2-9,25H,10-12H2,1H3. The van der Waals surface area contributed by atoms with Crippen molar-refractivity contribution in [3.05, 3.63) is 59.7 Å². The minimum Gasteiger partial charge on any atom is -0.504 e. The first-order valence-electron chi connectivity index (χ1n) is 8.13. The molecule has 150 valence electrons. The molecule has 2 aromatic rings. The third-order valence-corrected chi connectivity index (χ3v) is 3.70. The molecule has 2 rings (SSSR count). The molecule has 0 radical (unpaired) electrons. The van der Waals surface area contributed by atoms with Crippen LogP contribution >= 0.6 is 0 Å². The predicted octanol–water partition coefficient (Wildman–Crippen LogP) is 3.15. The first kappa shape index (κ1) is 21.1. The molecule has 9 heteroatoms. The molecule has 0 atom stereocenters. The Morgan fingerprint density at radius 2 is 1.75 bits per heavy atom. The maximum Gasteiger partial charge on any atom is 0.406 e. The van der Waals surface area contributed by atoms with Crippen LogP contribution in [-0.4, -0.2) is 48.3 Å². The Kier molecular flexibility index (Phi) is 6.86. The number of esters is 1. The molecule has 0 aromatic heterocycles. The average Bonchev–Trinajstić information content (AvgIpc) is 2.65. The summed E-state index contributed by atoms with van der Waals surface area (Å²) >= 11 is 0. The zero-order valence-electron chi connectivity index (χ0n) is 14.9. The molecular weight excluding hydrogens is 379 g/mol. The first-order chi connectivity index (χ1) is 13.2. The van der Waals surface area contributed by atoms with Crippen molar-refractivity contribution in [1.82, 2.24) is 4.90 Å². The number of nitrogens with zero attached hydrogens (tertiary/aromatic N) is 1. The van der Waals surface area contributed by atoms with Gasteiger partial charge in [-0.05, 0) is 17.7 Å². The number of ether oxygens (including phenoxy) is 2. The van der Waals surface area contributed by atoms with Gasteiger partial charge in [-0.3, -0.25) is 4.79 Å². The van der Waals surface area contributed by atoms with Crippen LogP contribution in [0.2, 0.25) is 0 Å². The van der Waals surface area contributed by atoms with E-state index in [0.29, 0.717) is 10.5 Å². The summed E-state index contributed by atoms with van der Waals surface area (Å²) in [4.78, 5) is 24.9. The van der Waals surface area contributed by atoms with Crippen LogP contribution in [-0.2, 0) is 16.1 Å². The van der Waals surface area contributed by atoms with E-state index in [-0.39, 0.29) is 17.9 Å². The summed E-state index contributed by atoms with van der Waals surface area (Å²) in [7, 11) is 1.28. The number of benzene rings is 2. The van der Waals surface area contributed by atoms with Gasteiger partial charge >= 0.3 is 12.1 Å². The number of halogens is 3. The molecule has 0 heterocycles. The summed E-state index contributed by atoms with van der Waals surface area (Å²) in [5.74, 6) is -2.55. The summed E-state index contributed by atoms with van der Waals surface area (Å²) in [6, 6.07) is 12.2. The molecule has 0 bridgehead atoms. The lowest BCUT2D eigenvalue weighted by Crippen LogP contribution is -2.40. The van der Waals surface area contributed by atoms with Crippen molar-refractivity contribution in [2.24, 2.45) is 0 Å². The second kappa shape index (κ2) is 9.12. The third kappa shape index (κ3) is 5.90. The van der Waals surface area contributed by atoms with E-state index in [9.17, 15) is 27.9 Å². The van der Waals surface area contributed by atoms with E-state index in [1.807, 2.05) is 0 Å². The van der Waals surface area contributed by atoms with Gasteiger partial charge in [0.1, 0.15) is 12.1 Å². The fourth-order valence-electron chi connectivity index (χ4n) is 2.40. The smallest absolute Gasteiger partial charge is 0.406 e. The SMILES string of the molecule is COc1cccc(C(=O)OCC(=O)N(Cc2ccccc2)CC(F)(F)F)c1O. The Labute approximate surface area is 159 Å². The van der Waals surface area contributed by atoms with Crippen LogP contribution in [0.5, 0.6) is 11.5 Å². The molecule has 0 saturated carbocycles. The van der Waals surface area contributed by atoms with Crippen LogP contribution in [0.4, 0.5) is 13.2 Å². The van der Waals surface area contributed by atoms with E-state index in [1.165, 1.54) is 25.3 Å². The Morgan fingerprint density at radius 3 is 2.36 bits per heavy atom. The second-order valence-electron chi connectivity index (χ2n) is 5.78. The number of phenols is 1. The number of amides is 1.